The molecule has 1 aromatic heterocycles. The van der Waals surface area contributed by atoms with E-state index in [-0.39, 0.29) is 11.7 Å². The van der Waals surface area contributed by atoms with Crippen LogP contribution in [0, 0.1) is 0 Å². The number of carbonyl (C=O) groups is 1. The summed E-state index contributed by atoms with van der Waals surface area (Å²) < 4.78 is 27.9. The van der Waals surface area contributed by atoms with E-state index in [1.54, 1.807) is 36.8 Å². The molecule has 1 aliphatic rings. The SMILES string of the molecule is O=C(NCc1ccc(-n2ccnc2)cc1)c1cccc(N2CCCCS2(=O)=O)c1. The van der Waals surface area contributed by atoms with E-state index in [2.05, 4.69) is 10.3 Å². The van der Waals surface area contributed by atoms with Gasteiger partial charge in [0.25, 0.3) is 5.91 Å². The molecule has 0 bridgehead atoms. The standard InChI is InChI=1S/C21H22N4O3S/c26-21(23-15-17-6-8-19(9-7-17)24-12-10-22-16-24)18-4-3-5-20(14-18)25-11-1-2-13-29(25,27)28/h3-10,12,14,16H,1-2,11,13,15H2,(H,23,26). The van der Waals surface area contributed by atoms with Crippen molar-refractivity contribution < 1.29 is 13.2 Å². The van der Waals surface area contributed by atoms with Crippen LogP contribution < -0.4 is 9.62 Å². The largest absolute Gasteiger partial charge is 0.348 e. The van der Waals surface area contributed by atoms with Crippen LogP contribution in [-0.2, 0) is 16.6 Å². The maximum Gasteiger partial charge on any atom is 0.251 e. The van der Waals surface area contributed by atoms with Crippen molar-refractivity contribution in [3.05, 3.63) is 78.4 Å². The topological polar surface area (TPSA) is 84.3 Å². The normalized spacial score (nSPS) is 15.8. The van der Waals surface area contributed by atoms with E-state index in [0.29, 0.717) is 30.8 Å². The molecule has 2 aromatic carbocycles. The van der Waals surface area contributed by atoms with Crippen LogP contribution >= 0.6 is 0 Å². The smallest absolute Gasteiger partial charge is 0.251 e. The van der Waals surface area contributed by atoms with E-state index in [4.69, 9.17) is 0 Å². The fourth-order valence-corrected chi connectivity index (χ4v) is 4.99. The summed E-state index contributed by atoms with van der Waals surface area (Å²) in [7, 11) is -3.30. The second-order valence-corrected chi connectivity index (χ2v) is 8.98. The molecule has 2 heterocycles. The Morgan fingerprint density at radius 3 is 2.62 bits per heavy atom. The summed E-state index contributed by atoms with van der Waals surface area (Å²) >= 11 is 0. The van der Waals surface area contributed by atoms with Gasteiger partial charge in [-0.15, -0.1) is 0 Å². The van der Waals surface area contributed by atoms with Crippen molar-refractivity contribution in [2.75, 3.05) is 16.6 Å². The first-order chi connectivity index (χ1) is 14.0. The second-order valence-electron chi connectivity index (χ2n) is 6.96. The van der Waals surface area contributed by atoms with Crippen LogP contribution in [0.5, 0.6) is 0 Å². The van der Waals surface area contributed by atoms with Crippen LogP contribution in [0.2, 0.25) is 0 Å². The molecular formula is C21H22N4O3S. The molecule has 1 N–H and O–H groups in total. The number of nitrogens with one attached hydrogen (secondary N) is 1. The third-order valence-corrected chi connectivity index (χ3v) is 6.81. The zero-order valence-corrected chi connectivity index (χ0v) is 16.7. The fourth-order valence-electron chi connectivity index (χ4n) is 3.36. The van der Waals surface area contributed by atoms with Gasteiger partial charge in [0.2, 0.25) is 10.0 Å². The summed E-state index contributed by atoms with van der Waals surface area (Å²) in [5.74, 6) is -0.0849. The molecule has 0 radical (unpaired) electrons. The third kappa shape index (κ3) is 4.32. The Balaban J connectivity index is 1.42. The number of sulfonamides is 1. The van der Waals surface area contributed by atoms with E-state index in [1.807, 2.05) is 35.0 Å². The van der Waals surface area contributed by atoms with Gasteiger partial charge in [-0.25, -0.2) is 13.4 Å². The number of carbonyl (C=O) groups excluding carboxylic acids is 1. The molecule has 8 heteroatoms. The minimum absolute atomic E-state index is 0.151. The lowest BCUT2D eigenvalue weighted by Crippen LogP contribution is -2.38. The molecule has 3 aromatic rings. The van der Waals surface area contributed by atoms with Crippen molar-refractivity contribution >= 4 is 21.6 Å². The Bertz CT molecular complexity index is 1090. The van der Waals surface area contributed by atoms with Gasteiger partial charge in [0.1, 0.15) is 0 Å². The van der Waals surface area contributed by atoms with Crippen molar-refractivity contribution in [2.45, 2.75) is 19.4 Å². The summed E-state index contributed by atoms with van der Waals surface area (Å²) in [4.78, 5) is 16.6. The molecule has 0 atom stereocenters. The quantitative estimate of drug-likeness (QED) is 0.701. The lowest BCUT2D eigenvalue weighted by molar-refractivity contribution is 0.0951. The first-order valence-corrected chi connectivity index (χ1v) is 11.1. The van der Waals surface area contributed by atoms with Gasteiger partial charge in [-0.1, -0.05) is 18.2 Å². The van der Waals surface area contributed by atoms with Gasteiger partial charge in [-0.2, -0.15) is 0 Å². The predicted molar refractivity (Wildman–Crippen MR) is 112 cm³/mol. The van der Waals surface area contributed by atoms with Crippen molar-refractivity contribution in [1.82, 2.24) is 14.9 Å². The van der Waals surface area contributed by atoms with Gasteiger partial charge in [0, 0.05) is 36.7 Å². The van der Waals surface area contributed by atoms with Gasteiger partial charge < -0.3 is 9.88 Å². The molecule has 1 saturated heterocycles. The van der Waals surface area contributed by atoms with Crippen LogP contribution in [0.4, 0.5) is 5.69 Å². The maximum atomic E-state index is 12.6. The molecule has 0 unspecified atom stereocenters. The van der Waals surface area contributed by atoms with E-state index in [1.165, 1.54) is 4.31 Å². The van der Waals surface area contributed by atoms with Gasteiger partial charge >= 0.3 is 0 Å². The number of benzene rings is 2. The van der Waals surface area contributed by atoms with Gasteiger partial charge in [0.15, 0.2) is 0 Å². The first-order valence-electron chi connectivity index (χ1n) is 9.49. The molecule has 1 amide bonds. The van der Waals surface area contributed by atoms with E-state index >= 15 is 0 Å². The van der Waals surface area contributed by atoms with Crippen LogP contribution in [0.3, 0.4) is 0 Å². The summed E-state index contributed by atoms with van der Waals surface area (Å²) in [6, 6.07) is 14.6. The average molecular weight is 410 g/mol. The highest BCUT2D eigenvalue weighted by Crippen LogP contribution is 2.24. The molecule has 1 aliphatic heterocycles. The molecular weight excluding hydrogens is 388 g/mol. The molecule has 1 fully saturated rings. The van der Waals surface area contributed by atoms with Crippen molar-refractivity contribution in [1.29, 1.82) is 0 Å². The number of amides is 1. The Labute approximate surface area is 170 Å². The van der Waals surface area contributed by atoms with Crippen molar-refractivity contribution in [3.63, 3.8) is 0 Å². The van der Waals surface area contributed by atoms with Gasteiger partial charge in [-0.05, 0) is 48.7 Å². The van der Waals surface area contributed by atoms with Crippen molar-refractivity contribution in [2.24, 2.45) is 0 Å². The lowest BCUT2D eigenvalue weighted by Gasteiger charge is -2.28. The van der Waals surface area contributed by atoms with Crippen LogP contribution in [0.1, 0.15) is 28.8 Å². The summed E-state index contributed by atoms with van der Waals surface area (Å²) in [5.41, 5.74) is 2.95. The number of rotatable bonds is 5. The highest BCUT2D eigenvalue weighted by Gasteiger charge is 2.26. The molecule has 29 heavy (non-hydrogen) atoms. The maximum absolute atomic E-state index is 12.6. The third-order valence-electron chi connectivity index (χ3n) is 4.94. The highest BCUT2D eigenvalue weighted by atomic mass is 32.2. The Hall–Kier alpha value is -3.13. The van der Waals surface area contributed by atoms with Crippen LogP contribution in [0.25, 0.3) is 5.69 Å². The number of anilines is 1. The Morgan fingerprint density at radius 1 is 1.07 bits per heavy atom. The van der Waals surface area contributed by atoms with Crippen LogP contribution in [0.15, 0.2) is 67.3 Å². The van der Waals surface area contributed by atoms with Crippen LogP contribution in [-0.4, -0.2) is 36.2 Å². The minimum Gasteiger partial charge on any atom is -0.348 e. The average Bonchev–Trinajstić information content (AvgIpc) is 3.27. The number of hydrogen-bond acceptors (Lipinski definition) is 4. The zero-order valence-electron chi connectivity index (χ0n) is 15.9. The molecule has 4 rings (SSSR count). The molecule has 0 aliphatic carbocycles. The Kier molecular flexibility index (Phi) is 5.35. The Morgan fingerprint density at radius 2 is 1.90 bits per heavy atom. The second kappa shape index (κ2) is 8.08. The lowest BCUT2D eigenvalue weighted by atomic mass is 10.1. The fraction of sp³-hybridized carbons (Fsp3) is 0.238. The predicted octanol–water partition coefficient (Wildman–Crippen LogP) is 2.73. The number of hydrogen-bond donors (Lipinski definition) is 1. The monoisotopic (exact) mass is 410 g/mol. The van der Waals surface area contributed by atoms with E-state index in [9.17, 15) is 13.2 Å². The molecule has 150 valence electrons. The summed E-state index contributed by atoms with van der Waals surface area (Å²) in [5, 5.41) is 2.89. The number of imidazole rings is 1. The van der Waals surface area contributed by atoms with E-state index in [0.717, 1.165) is 17.7 Å². The zero-order chi connectivity index (χ0) is 20.3. The summed E-state index contributed by atoms with van der Waals surface area (Å²) in [6.45, 7) is 0.839. The van der Waals surface area contributed by atoms with Gasteiger partial charge in [-0.3, -0.25) is 9.10 Å². The summed E-state index contributed by atoms with van der Waals surface area (Å²) in [6.07, 6.45) is 6.82. The number of nitrogens with zero attached hydrogens (tertiary/aromatic N) is 3. The van der Waals surface area contributed by atoms with Gasteiger partial charge in [0.05, 0.1) is 17.8 Å². The van der Waals surface area contributed by atoms with Crippen molar-refractivity contribution in [3.8, 4) is 5.69 Å². The molecule has 0 saturated carbocycles. The molecule has 0 spiro atoms. The minimum atomic E-state index is -3.30. The highest BCUT2D eigenvalue weighted by molar-refractivity contribution is 7.92. The molecule has 7 nitrogen and oxygen atoms in total. The van der Waals surface area contributed by atoms with E-state index < -0.39 is 10.0 Å². The first kappa shape index (κ1) is 19.2. The number of aromatic nitrogens is 2.